The molecule has 0 atom stereocenters. The van der Waals surface area contributed by atoms with Gasteiger partial charge in [0.25, 0.3) is 5.91 Å². The number of benzene rings is 2. The van der Waals surface area contributed by atoms with Crippen LogP contribution in [0.5, 0.6) is 0 Å². The average Bonchev–Trinajstić information content (AvgIpc) is 2.80. The van der Waals surface area contributed by atoms with E-state index in [0.717, 1.165) is 40.3 Å². The molecule has 0 unspecified atom stereocenters. The molecule has 166 valence electrons. The van der Waals surface area contributed by atoms with Crippen molar-refractivity contribution in [2.45, 2.75) is 40.2 Å². The summed E-state index contributed by atoms with van der Waals surface area (Å²) in [6.45, 7) is 8.50. The van der Waals surface area contributed by atoms with Gasteiger partial charge < -0.3 is 10.2 Å². The number of allylic oxidation sites excluding steroid dienone is 1. The van der Waals surface area contributed by atoms with Gasteiger partial charge in [-0.3, -0.25) is 10.0 Å². The van der Waals surface area contributed by atoms with Gasteiger partial charge in [-0.2, -0.15) is 0 Å². The molecule has 0 aliphatic heterocycles. The van der Waals surface area contributed by atoms with E-state index in [-0.39, 0.29) is 6.04 Å². The number of nitrogens with one attached hydrogen (secondary N) is 2. The molecule has 0 fully saturated rings. The number of carbonyl (C=O) groups excluding carboxylic acids is 1. The minimum Gasteiger partial charge on any atom is -0.342 e. The highest BCUT2D eigenvalue weighted by Gasteiger charge is 2.18. The van der Waals surface area contributed by atoms with Gasteiger partial charge in [-0.1, -0.05) is 13.0 Å². The number of hydroxylamine groups is 1. The van der Waals surface area contributed by atoms with Crippen molar-refractivity contribution in [2.24, 2.45) is 0 Å². The molecule has 0 aliphatic carbocycles. The van der Waals surface area contributed by atoms with Crippen molar-refractivity contribution < 1.29 is 10.0 Å². The standard InChI is InChI=1S/C25H29N5O2/c1-5-6-24(28-22-10-7-19(8-11-22)25(31)29-32)30(17(2)3)23-12-9-20(13-18(23)4)21-14-26-16-27-15-21/h6-17,28,32H,5H2,1-4H3,(H,29,31)/b24-6+. The molecule has 0 spiro atoms. The van der Waals surface area contributed by atoms with Crippen LogP contribution in [0.1, 0.15) is 43.1 Å². The quantitative estimate of drug-likeness (QED) is 0.338. The largest absolute Gasteiger partial charge is 0.342 e. The first-order valence-electron chi connectivity index (χ1n) is 10.6. The van der Waals surface area contributed by atoms with Crippen LogP contribution in [0.3, 0.4) is 0 Å². The molecular formula is C25H29N5O2. The predicted molar refractivity (Wildman–Crippen MR) is 128 cm³/mol. The Morgan fingerprint density at radius 3 is 2.34 bits per heavy atom. The van der Waals surface area contributed by atoms with E-state index in [9.17, 15) is 4.79 Å². The first kappa shape index (κ1) is 23.0. The monoisotopic (exact) mass is 431 g/mol. The third-order valence-corrected chi connectivity index (χ3v) is 5.04. The smallest absolute Gasteiger partial charge is 0.274 e. The van der Waals surface area contributed by atoms with Crippen LogP contribution in [0.2, 0.25) is 0 Å². The Kier molecular flexibility index (Phi) is 7.57. The molecule has 7 nitrogen and oxygen atoms in total. The Morgan fingerprint density at radius 2 is 1.78 bits per heavy atom. The summed E-state index contributed by atoms with van der Waals surface area (Å²) < 4.78 is 0. The number of anilines is 2. The Balaban J connectivity index is 1.92. The van der Waals surface area contributed by atoms with Crippen LogP contribution in [0.15, 0.2) is 73.1 Å². The van der Waals surface area contributed by atoms with Crippen LogP contribution in [0, 0.1) is 6.92 Å². The summed E-state index contributed by atoms with van der Waals surface area (Å²) in [4.78, 5) is 22.1. The molecule has 0 saturated heterocycles. The van der Waals surface area contributed by atoms with Gasteiger partial charge >= 0.3 is 0 Å². The average molecular weight is 432 g/mol. The number of amides is 1. The van der Waals surface area contributed by atoms with Gasteiger partial charge in [0.2, 0.25) is 0 Å². The van der Waals surface area contributed by atoms with E-state index in [1.54, 1.807) is 17.6 Å². The summed E-state index contributed by atoms with van der Waals surface area (Å²) in [5, 5.41) is 12.3. The summed E-state index contributed by atoms with van der Waals surface area (Å²) >= 11 is 0. The number of nitrogens with zero attached hydrogens (tertiary/aromatic N) is 3. The summed E-state index contributed by atoms with van der Waals surface area (Å²) in [6.07, 6.45) is 8.15. The number of rotatable bonds is 8. The Bertz CT molecular complexity index is 1080. The fourth-order valence-electron chi connectivity index (χ4n) is 3.56. The first-order valence-corrected chi connectivity index (χ1v) is 10.6. The zero-order valence-corrected chi connectivity index (χ0v) is 18.8. The number of carbonyl (C=O) groups is 1. The molecule has 3 aromatic rings. The highest BCUT2D eigenvalue weighted by molar-refractivity contribution is 5.93. The molecule has 1 amide bonds. The summed E-state index contributed by atoms with van der Waals surface area (Å²) in [7, 11) is 0. The van der Waals surface area contributed by atoms with Crippen molar-refractivity contribution in [3.05, 3.63) is 84.2 Å². The summed E-state index contributed by atoms with van der Waals surface area (Å²) in [5.74, 6) is 0.421. The third-order valence-electron chi connectivity index (χ3n) is 5.04. The minimum absolute atomic E-state index is 0.198. The van der Waals surface area contributed by atoms with Crippen LogP contribution in [0.25, 0.3) is 11.1 Å². The molecule has 32 heavy (non-hydrogen) atoms. The second-order valence-corrected chi connectivity index (χ2v) is 7.73. The van der Waals surface area contributed by atoms with E-state index in [2.05, 4.69) is 72.2 Å². The Morgan fingerprint density at radius 1 is 1.09 bits per heavy atom. The van der Waals surface area contributed by atoms with Crippen molar-refractivity contribution in [1.29, 1.82) is 0 Å². The SMILES string of the molecule is CC/C=C(\Nc1ccc(C(=O)NO)cc1)N(c1ccc(-c2cncnc2)cc1C)C(C)C. The second-order valence-electron chi connectivity index (χ2n) is 7.73. The van der Waals surface area contributed by atoms with Crippen LogP contribution in [0.4, 0.5) is 11.4 Å². The zero-order chi connectivity index (χ0) is 23.1. The second kappa shape index (κ2) is 10.5. The molecule has 1 aromatic heterocycles. The van der Waals surface area contributed by atoms with E-state index < -0.39 is 5.91 Å². The molecule has 0 aliphatic rings. The Hall–Kier alpha value is -3.71. The molecule has 1 heterocycles. The number of hydrogen-bond acceptors (Lipinski definition) is 6. The molecule has 3 rings (SSSR count). The maximum atomic E-state index is 11.6. The lowest BCUT2D eigenvalue weighted by Gasteiger charge is -2.33. The van der Waals surface area contributed by atoms with Gasteiger partial charge in [-0.25, -0.2) is 15.4 Å². The van der Waals surface area contributed by atoms with E-state index in [4.69, 9.17) is 5.21 Å². The highest BCUT2D eigenvalue weighted by atomic mass is 16.5. The zero-order valence-electron chi connectivity index (χ0n) is 18.8. The molecule has 0 saturated carbocycles. The Labute approximate surface area is 188 Å². The fourth-order valence-corrected chi connectivity index (χ4v) is 3.56. The van der Waals surface area contributed by atoms with Gasteiger partial charge in [0.05, 0.1) is 0 Å². The van der Waals surface area contributed by atoms with E-state index in [1.807, 2.05) is 24.5 Å². The predicted octanol–water partition coefficient (Wildman–Crippen LogP) is 5.15. The molecule has 2 aromatic carbocycles. The van der Waals surface area contributed by atoms with Gasteiger partial charge in [-0.15, -0.1) is 0 Å². The van der Waals surface area contributed by atoms with Crippen molar-refractivity contribution in [2.75, 3.05) is 10.2 Å². The summed E-state index contributed by atoms with van der Waals surface area (Å²) in [6, 6.07) is 13.5. The fraction of sp³-hybridized carbons (Fsp3) is 0.240. The highest BCUT2D eigenvalue weighted by Crippen LogP contribution is 2.31. The lowest BCUT2D eigenvalue weighted by molar-refractivity contribution is 0.0706. The molecular weight excluding hydrogens is 402 g/mol. The minimum atomic E-state index is -0.538. The van der Waals surface area contributed by atoms with Crippen LogP contribution < -0.4 is 15.7 Å². The lowest BCUT2D eigenvalue weighted by Crippen LogP contribution is -2.34. The number of hydrogen-bond donors (Lipinski definition) is 3. The lowest BCUT2D eigenvalue weighted by atomic mass is 10.0. The van der Waals surface area contributed by atoms with Gasteiger partial charge in [-0.05, 0) is 80.8 Å². The summed E-state index contributed by atoms with van der Waals surface area (Å²) in [5.41, 5.74) is 7.17. The molecule has 7 heteroatoms. The number of aromatic nitrogens is 2. The normalized spacial score (nSPS) is 11.4. The van der Waals surface area contributed by atoms with E-state index in [1.165, 1.54) is 6.33 Å². The molecule has 0 bridgehead atoms. The van der Waals surface area contributed by atoms with Gasteiger partial charge in [0.15, 0.2) is 0 Å². The van der Waals surface area contributed by atoms with Crippen molar-refractivity contribution in [3.8, 4) is 11.1 Å². The van der Waals surface area contributed by atoms with E-state index >= 15 is 0 Å². The maximum absolute atomic E-state index is 11.6. The van der Waals surface area contributed by atoms with Crippen LogP contribution >= 0.6 is 0 Å². The van der Waals surface area contributed by atoms with Crippen molar-refractivity contribution in [3.63, 3.8) is 0 Å². The molecule has 3 N–H and O–H groups in total. The topological polar surface area (TPSA) is 90.4 Å². The third kappa shape index (κ3) is 5.31. The maximum Gasteiger partial charge on any atom is 0.274 e. The molecule has 0 radical (unpaired) electrons. The van der Waals surface area contributed by atoms with Crippen molar-refractivity contribution in [1.82, 2.24) is 15.4 Å². The van der Waals surface area contributed by atoms with Gasteiger partial charge in [0, 0.05) is 40.9 Å². The number of aryl methyl sites for hydroxylation is 1. The van der Waals surface area contributed by atoms with Crippen LogP contribution in [-0.4, -0.2) is 27.1 Å². The van der Waals surface area contributed by atoms with Crippen molar-refractivity contribution >= 4 is 17.3 Å². The van der Waals surface area contributed by atoms with Crippen LogP contribution in [-0.2, 0) is 0 Å². The van der Waals surface area contributed by atoms with Gasteiger partial charge in [0.1, 0.15) is 12.1 Å². The van der Waals surface area contributed by atoms with E-state index in [0.29, 0.717) is 5.56 Å². The first-order chi connectivity index (χ1) is 15.4.